The highest BCUT2D eigenvalue weighted by atomic mass is 35.5. The molecule has 0 atom stereocenters. The fraction of sp³-hybridized carbons (Fsp3) is 0. The maximum absolute atomic E-state index is 12.8. The number of fused-ring (bicyclic) bond motifs is 2. The van der Waals surface area contributed by atoms with Crippen molar-refractivity contribution in [3.8, 4) is 10.6 Å². The van der Waals surface area contributed by atoms with Crippen molar-refractivity contribution >= 4 is 55.5 Å². The molecule has 1 N–H and O–H groups in total. The first-order valence-corrected chi connectivity index (χ1v) is 10.3. The summed E-state index contributed by atoms with van der Waals surface area (Å²) >= 11 is 8.13. The van der Waals surface area contributed by atoms with Gasteiger partial charge in [-0.15, -0.1) is 11.3 Å². The van der Waals surface area contributed by atoms with Crippen LogP contribution >= 0.6 is 22.9 Å². The van der Waals surface area contributed by atoms with Crippen LogP contribution in [0, 0.1) is 0 Å². The quantitative estimate of drug-likeness (QED) is 0.344. The van der Waals surface area contributed by atoms with Gasteiger partial charge in [0.05, 0.1) is 15.2 Å². The van der Waals surface area contributed by atoms with Gasteiger partial charge in [-0.05, 0) is 47.2 Å². The Hall–Kier alpha value is -3.21. The minimum atomic E-state index is -0.161. The van der Waals surface area contributed by atoms with Gasteiger partial charge >= 0.3 is 0 Å². The smallest absolute Gasteiger partial charge is 0.256 e. The Morgan fingerprint density at radius 3 is 2.55 bits per heavy atom. The molecule has 0 aliphatic rings. The fourth-order valence-electron chi connectivity index (χ4n) is 3.38. The number of anilines is 1. The number of aromatic nitrogens is 1. The lowest BCUT2D eigenvalue weighted by atomic mass is 10.0. The Morgan fingerprint density at radius 2 is 1.69 bits per heavy atom. The Labute approximate surface area is 176 Å². The van der Waals surface area contributed by atoms with E-state index in [4.69, 9.17) is 11.6 Å². The summed E-state index contributed by atoms with van der Waals surface area (Å²) < 4.78 is 1.12. The van der Waals surface area contributed by atoms with Gasteiger partial charge in [0.15, 0.2) is 0 Å². The van der Waals surface area contributed by atoms with Crippen molar-refractivity contribution < 1.29 is 4.79 Å². The monoisotopic (exact) mass is 414 g/mol. The van der Waals surface area contributed by atoms with Crippen LogP contribution in [-0.2, 0) is 0 Å². The van der Waals surface area contributed by atoms with Crippen molar-refractivity contribution in [2.45, 2.75) is 0 Å². The average Bonchev–Trinajstić information content (AvgIpc) is 3.17. The summed E-state index contributed by atoms with van der Waals surface area (Å²) in [6.07, 6.45) is 0. The maximum atomic E-state index is 12.8. The summed E-state index contributed by atoms with van der Waals surface area (Å²) in [5.41, 5.74) is 3.10. The van der Waals surface area contributed by atoms with E-state index in [1.54, 1.807) is 17.4 Å². The summed E-state index contributed by atoms with van der Waals surface area (Å²) in [6, 6.07) is 27.1. The Bertz CT molecular complexity index is 1340. The second-order valence-corrected chi connectivity index (χ2v) is 8.10. The van der Waals surface area contributed by atoms with Crippen LogP contribution in [0.3, 0.4) is 0 Å². The van der Waals surface area contributed by atoms with Gasteiger partial charge in [0.2, 0.25) is 0 Å². The van der Waals surface area contributed by atoms with Gasteiger partial charge in [-0.1, -0.05) is 60.1 Å². The zero-order valence-electron chi connectivity index (χ0n) is 15.2. The third-order valence-corrected chi connectivity index (χ3v) is 6.17. The van der Waals surface area contributed by atoms with Crippen LogP contribution in [0.15, 0.2) is 84.9 Å². The van der Waals surface area contributed by atoms with E-state index < -0.39 is 0 Å². The highest BCUT2D eigenvalue weighted by Crippen LogP contribution is 2.35. The number of carbonyl (C=O) groups excluding carboxylic acids is 1. The van der Waals surface area contributed by atoms with Crippen molar-refractivity contribution in [1.82, 2.24) is 4.98 Å². The molecule has 0 radical (unpaired) electrons. The van der Waals surface area contributed by atoms with Crippen LogP contribution < -0.4 is 5.32 Å². The molecule has 1 aromatic heterocycles. The third kappa shape index (κ3) is 3.37. The first-order chi connectivity index (χ1) is 14.2. The van der Waals surface area contributed by atoms with E-state index in [1.165, 1.54) is 0 Å². The predicted octanol–water partition coefficient (Wildman–Crippen LogP) is 7.02. The van der Waals surface area contributed by atoms with E-state index in [0.29, 0.717) is 16.3 Å². The highest BCUT2D eigenvalue weighted by Gasteiger charge is 2.13. The zero-order valence-corrected chi connectivity index (χ0v) is 16.8. The SMILES string of the molecule is O=C(Nc1ccc(-c2nc3ccccc3s2)c(Cl)c1)c1cccc2ccccc12. The van der Waals surface area contributed by atoms with E-state index in [-0.39, 0.29) is 5.91 Å². The van der Waals surface area contributed by atoms with Gasteiger partial charge < -0.3 is 5.32 Å². The van der Waals surface area contributed by atoms with Gasteiger partial charge in [0.25, 0.3) is 5.91 Å². The molecule has 0 aliphatic carbocycles. The van der Waals surface area contributed by atoms with Gasteiger partial charge in [0, 0.05) is 16.8 Å². The molecule has 1 heterocycles. The molecule has 140 valence electrons. The molecular formula is C24H15ClN2OS. The van der Waals surface area contributed by atoms with Crippen LogP contribution in [0.5, 0.6) is 0 Å². The fourth-order valence-corrected chi connectivity index (χ4v) is 4.71. The van der Waals surface area contributed by atoms with Gasteiger partial charge in [-0.25, -0.2) is 4.98 Å². The summed E-state index contributed by atoms with van der Waals surface area (Å²) in [5.74, 6) is -0.161. The summed E-state index contributed by atoms with van der Waals surface area (Å²) in [4.78, 5) is 17.5. The minimum absolute atomic E-state index is 0.161. The molecule has 0 fully saturated rings. The van der Waals surface area contributed by atoms with E-state index in [0.717, 1.165) is 31.6 Å². The van der Waals surface area contributed by atoms with Gasteiger partial charge in [0.1, 0.15) is 5.01 Å². The lowest BCUT2D eigenvalue weighted by Gasteiger charge is -2.09. The van der Waals surface area contributed by atoms with Gasteiger partial charge in [-0.3, -0.25) is 4.79 Å². The molecular weight excluding hydrogens is 400 g/mol. The number of hydrogen-bond donors (Lipinski definition) is 1. The molecule has 29 heavy (non-hydrogen) atoms. The van der Waals surface area contributed by atoms with Crippen molar-refractivity contribution in [2.75, 3.05) is 5.32 Å². The first-order valence-electron chi connectivity index (χ1n) is 9.14. The number of benzene rings is 4. The van der Waals surface area contributed by atoms with Crippen molar-refractivity contribution in [1.29, 1.82) is 0 Å². The normalized spacial score (nSPS) is 11.1. The van der Waals surface area contributed by atoms with Crippen LogP contribution in [0.25, 0.3) is 31.6 Å². The van der Waals surface area contributed by atoms with E-state index in [9.17, 15) is 4.79 Å². The number of carbonyl (C=O) groups is 1. The second-order valence-electron chi connectivity index (χ2n) is 6.66. The van der Waals surface area contributed by atoms with Gasteiger partial charge in [-0.2, -0.15) is 0 Å². The molecule has 5 aromatic rings. The van der Waals surface area contributed by atoms with E-state index in [1.807, 2.05) is 78.9 Å². The topological polar surface area (TPSA) is 42.0 Å². The number of halogens is 1. The lowest BCUT2D eigenvalue weighted by Crippen LogP contribution is -2.12. The van der Waals surface area contributed by atoms with Crippen LogP contribution in [0.2, 0.25) is 5.02 Å². The standard InChI is InChI=1S/C24H15ClN2OS/c25-20-14-16(12-13-19(20)24-27-21-10-3-4-11-22(21)29-24)26-23(28)18-9-5-7-15-6-1-2-8-17(15)18/h1-14H,(H,26,28). The molecule has 0 bridgehead atoms. The molecule has 0 saturated carbocycles. The number of thiazole rings is 1. The number of hydrogen-bond acceptors (Lipinski definition) is 3. The number of amides is 1. The predicted molar refractivity (Wildman–Crippen MR) is 122 cm³/mol. The van der Waals surface area contributed by atoms with Crippen LogP contribution in [0.4, 0.5) is 5.69 Å². The molecule has 3 nitrogen and oxygen atoms in total. The number of nitrogens with one attached hydrogen (secondary N) is 1. The molecule has 0 saturated heterocycles. The maximum Gasteiger partial charge on any atom is 0.256 e. The molecule has 5 heteroatoms. The Kier molecular flexibility index (Phi) is 4.51. The van der Waals surface area contributed by atoms with Crippen molar-refractivity contribution in [2.24, 2.45) is 0 Å². The minimum Gasteiger partial charge on any atom is -0.322 e. The zero-order chi connectivity index (χ0) is 19.8. The second kappa shape index (κ2) is 7.32. The Balaban J connectivity index is 1.45. The number of para-hydroxylation sites is 1. The number of nitrogens with zero attached hydrogens (tertiary/aromatic N) is 1. The largest absolute Gasteiger partial charge is 0.322 e. The highest BCUT2D eigenvalue weighted by molar-refractivity contribution is 7.21. The number of rotatable bonds is 3. The van der Waals surface area contributed by atoms with Crippen molar-refractivity contribution in [3.63, 3.8) is 0 Å². The molecule has 0 aliphatic heterocycles. The summed E-state index contributed by atoms with van der Waals surface area (Å²) in [6.45, 7) is 0. The Morgan fingerprint density at radius 1 is 0.897 bits per heavy atom. The van der Waals surface area contributed by atoms with E-state index >= 15 is 0 Å². The molecule has 0 unspecified atom stereocenters. The van der Waals surface area contributed by atoms with Crippen molar-refractivity contribution in [3.05, 3.63) is 95.5 Å². The van der Waals surface area contributed by atoms with Crippen LogP contribution in [-0.4, -0.2) is 10.9 Å². The molecule has 0 spiro atoms. The summed E-state index contributed by atoms with van der Waals surface area (Å²) in [5, 5.41) is 6.33. The molecule has 1 amide bonds. The first kappa shape index (κ1) is 17.9. The third-order valence-electron chi connectivity index (χ3n) is 4.79. The molecule has 4 aromatic carbocycles. The van der Waals surface area contributed by atoms with Crippen LogP contribution in [0.1, 0.15) is 10.4 Å². The molecule has 5 rings (SSSR count). The van der Waals surface area contributed by atoms with E-state index in [2.05, 4.69) is 10.3 Å². The average molecular weight is 415 g/mol. The lowest BCUT2D eigenvalue weighted by molar-refractivity contribution is 0.102. The summed E-state index contributed by atoms with van der Waals surface area (Å²) in [7, 11) is 0.